The molecule has 3 N–H and O–H groups in total. The van der Waals surface area contributed by atoms with Crippen molar-refractivity contribution in [1.82, 2.24) is 4.98 Å². The van der Waals surface area contributed by atoms with Crippen LogP contribution in [-0.2, 0) is 6.42 Å². The van der Waals surface area contributed by atoms with Gasteiger partial charge in [0, 0.05) is 17.3 Å². The maximum atomic E-state index is 12.7. The first-order valence-corrected chi connectivity index (χ1v) is 8.73. The van der Waals surface area contributed by atoms with Gasteiger partial charge in [-0.15, -0.1) is 0 Å². The van der Waals surface area contributed by atoms with E-state index < -0.39 is 0 Å². The second-order valence-electron chi connectivity index (χ2n) is 5.47. The van der Waals surface area contributed by atoms with Gasteiger partial charge in [-0.1, -0.05) is 48.6 Å². The van der Waals surface area contributed by atoms with E-state index in [1.165, 1.54) is 16.9 Å². The molecule has 5 nitrogen and oxygen atoms in total. The molecular formula is C19H19N3O2S. The molecule has 0 amide bonds. The maximum Gasteiger partial charge on any atom is 0.206 e. The van der Waals surface area contributed by atoms with Crippen LogP contribution < -0.4 is 15.8 Å². The van der Waals surface area contributed by atoms with Gasteiger partial charge >= 0.3 is 0 Å². The highest BCUT2D eigenvalue weighted by atomic mass is 32.1. The van der Waals surface area contributed by atoms with Crippen molar-refractivity contribution in [3.8, 4) is 5.75 Å². The third-order valence-corrected chi connectivity index (χ3v) is 4.79. The molecule has 0 saturated heterocycles. The minimum Gasteiger partial charge on any atom is -0.497 e. The lowest BCUT2D eigenvalue weighted by molar-refractivity contribution is 0.104. The average molecular weight is 353 g/mol. The molecule has 6 heteroatoms. The summed E-state index contributed by atoms with van der Waals surface area (Å²) in [6.07, 6.45) is 0.936. The van der Waals surface area contributed by atoms with E-state index in [4.69, 9.17) is 10.5 Å². The highest BCUT2D eigenvalue weighted by Crippen LogP contribution is 2.30. The molecule has 0 saturated carbocycles. The fourth-order valence-electron chi connectivity index (χ4n) is 2.40. The molecule has 0 spiro atoms. The number of hydrogen-bond acceptors (Lipinski definition) is 6. The number of hydrogen-bond donors (Lipinski definition) is 2. The van der Waals surface area contributed by atoms with Gasteiger partial charge in [0.25, 0.3) is 0 Å². The highest BCUT2D eigenvalue weighted by molar-refractivity contribution is 7.18. The van der Waals surface area contributed by atoms with E-state index in [-0.39, 0.29) is 11.6 Å². The van der Waals surface area contributed by atoms with Crippen LogP contribution in [-0.4, -0.2) is 17.9 Å². The Hall–Kier alpha value is -2.86. The first-order chi connectivity index (χ1) is 12.1. The summed E-state index contributed by atoms with van der Waals surface area (Å²) >= 11 is 1.24. The number of aromatic nitrogens is 1. The van der Waals surface area contributed by atoms with Crippen molar-refractivity contribution in [3.63, 3.8) is 0 Å². The van der Waals surface area contributed by atoms with Crippen LogP contribution in [0.3, 0.4) is 0 Å². The lowest BCUT2D eigenvalue weighted by atomic mass is 10.1. The molecule has 2 aromatic carbocycles. The van der Waals surface area contributed by atoms with E-state index in [0.717, 1.165) is 17.9 Å². The molecule has 25 heavy (non-hydrogen) atoms. The van der Waals surface area contributed by atoms with Gasteiger partial charge in [-0.25, -0.2) is 4.98 Å². The van der Waals surface area contributed by atoms with Crippen molar-refractivity contribution in [2.24, 2.45) is 0 Å². The summed E-state index contributed by atoms with van der Waals surface area (Å²) in [6, 6.07) is 15.0. The van der Waals surface area contributed by atoms with Gasteiger partial charge in [0.05, 0.1) is 7.11 Å². The zero-order valence-corrected chi connectivity index (χ0v) is 14.9. The summed E-state index contributed by atoms with van der Waals surface area (Å²) in [4.78, 5) is 17.4. The van der Waals surface area contributed by atoms with Gasteiger partial charge in [-0.2, -0.15) is 0 Å². The Morgan fingerprint density at radius 3 is 2.68 bits per heavy atom. The Labute approximate surface area is 150 Å². The number of anilines is 3. The molecule has 3 aromatic rings. The molecule has 0 atom stereocenters. The van der Waals surface area contributed by atoms with Gasteiger partial charge < -0.3 is 15.8 Å². The van der Waals surface area contributed by atoms with Crippen molar-refractivity contribution in [1.29, 1.82) is 0 Å². The maximum absolute atomic E-state index is 12.7. The smallest absolute Gasteiger partial charge is 0.206 e. The second kappa shape index (κ2) is 7.36. The average Bonchev–Trinajstić information content (AvgIpc) is 3.01. The number of aryl methyl sites for hydroxylation is 1. The van der Waals surface area contributed by atoms with Crippen LogP contribution in [0.4, 0.5) is 16.6 Å². The Bertz CT molecular complexity index is 888. The number of nitrogens with two attached hydrogens (primary N) is 1. The Morgan fingerprint density at radius 2 is 2.00 bits per heavy atom. The van der Waals surface area contributed by atoms with Gasteiger partial charge in [0.1, 0.15) is 16.4 Å². The molecule has 0 aliphatic rings. The molecule has 3 rings (SSSR count). The molecule has 128 valence electrons. The first kappa shape index (κ1) is 17.0. The number of nitrogen functional groups attached to an aromatic ring is 1. The molecule has 0 unspecified atom stereocenters. The number of ketones is 1. The number of carbonyl (C=O) groups is 1. The van der Waals surface area contributed by atoms with Crippen molar-refractivity contribution in [2.45, 2.75) is 13.3 Å². The summed E-state index contributed by atoms with van der Waals surface area (Å²) in [5.74, 6) is 0.859. The SMILES string of the molecule is CCc1ccc(C(=O)c2sc(Nc3cccc(OC)c3)nc2N)cc1. The molecular weight excluding hydrogens is 334 g/mol. The lowest BCUT2D eigenvalue weighted by Crippen LogP contribution is -2.02. The fourth-order valence-corrected chi connectivity index (χ4v) is 3.26. The Kier molecular flexibility index (Phi) is 5.00. The molecule has 1 aromatic heterocycles. The number of thiazole rings is 1. The number of carbonyl (C=O) groups excluding carboxylic acids is 1. The minimum atomic E-state index is -0.114. The number of rotatable bonds is 6. The van der Waals surface area contributed by atoms with Crippen LogP contribution in [0, 0.1) is 0 Å². The van der Waals surface area contributed by atoms with E-state index in [2.05, 4.69) is 17.2 Å². The summed E-state index contributed by atoms with van der Waals surface area (Å²) in [7, 11) is 1.61. The third kappa shape index (κ3) is 3.80. The van der Waals surface area contributed by atoms with Crippen LogP contribution in [0.15, 0.2) is 48.5 Å². The summed E-state index contributed by atoms with van der Waals surface area (Å²) in [6.45, 7) is 2.08. The zero-order chi connectivity index (χ0) is 17.8. The number of nitrogens with zero attached hydrogens (tertiary/aromatic N) is 1. The summed E-state index contributed by atoms with van der Waals surface area (Å²) in [5.41, 5.74) is 8.58. The quantitative estimate of drug-likeness (QED) is 0.647. The summed E-state index contributed by atoms with van der Waals surface area (Å²) in [5, 5.41) is 3.73. The van der Waals surface area contributed by atoms with Gasteiger partial charge in [-0.3, -0.25) is 4.79 Å². The molecule has 0 aliphatic heterocycles. The molecule has 0 aliphatic carbocycles. The normalized spacial score (nSPS) is 10.5. The minimum absolute atomic E-state index is 0.114. The Balaban J connectivity index is 1.82. The largest absolute Gasteiger partial charge is 0.497 e. The third-order valence-electron chi connectivity index (χ3n) is 3.80. The molecule has 0 fully saturated rings. The monoisotopic (exact) mass is 353 g/mol. The van der Waals surface area contributed by atoms with Crippen molar-refractivity contribution >= 4 is 33.8 Å². The van der Waals surface area contributed by atoms with Crippen LogP contribution in [0.2, 0.25) is 0 Å². The van der Waals surface area contributed by atoms with E-state index in [0.29, 0.717) is 15.6 Å². The predicted octanol–water partition coefficient (Wildman–Crippen LogP) is 4.27. The molecule has 0 bridgehead atoms. The van der Waals surface area contributed by atoms with E-state index >= 15 is 0 Å². The zero-order valence-electron chi connectivity index (χ0n) is 14.1. The van der Waals surface area contributed by atoms with Crippen LogP contribution in [0.25, 0.3) is 0 Å². The summed E-state index contributed by atoms with van der Waals surface area (Å²) < 4.78 is 5.20. The predicted molar refractivity (Wildman–Crippen MR) is 102 cm³/mol. The van der Waals surface area contributed by atoms with Gasteiger partial charge in [0.2, 0.25) is 5.78 Å². The number of benzene rings is 2. The second-order valence-corrected chi connectivity index (χ2v) is 6.47. The highest BCUT2D eigenvalue weighted by Gasteiger charge is 2.18. The van der Waals surface area contributed by atoms with Crippen molar-refractivity contribution in [2.75, 3.05) is 18.2 Å². The van der Waals surface area contributed by atoms with Gasteiger partial charge in [-0.05, 0) is 24.1 Å². The number of nitrogens with one attached hydrogen (secondary N) is 1. The van der Waals surface area contributed by atoms with Crippen LogP contribution >= 0.6 is 11.3 Å². The fraction of sp³-hybridized carbons (Fsp3) is 0.158. The van der Waals surface area contributed by atoms with Crippen LogP contribution in [0.5, 0.6) is 5.75 Å². The number of ether oxygens (including phenoxy) is 1. The molecule has 1 heterocycles. The number of methoxy groups -OCH3 is 1. The lowest BCUT2D eigenvalue weighted by Gasteiger charge is -2.04. The Morgan fingerprint density at radius 1 is 1.24 bits per heavy atom. The van der Waals surface area contributed by atoms with Crippen molar-refractivity contribution < 1.29 is 9.53 Å². The molecule has 0 radical (unpaired) electrons. The topological polar surface area (TPSA) is 77.2 Å². The van der Waals surface area contributed by atoms with E-state index in [9.17, 15) is 4.79 Å². The van der Waals surface area contributed by atoms with E-state index in [1.54, 1.807) is 7.11 Å². The van der Waals surface area contributed by atoms with Crippen LogP contribution in [0.1, 0.15) is 27.7 Å². The van der Waals surface area contributed by atoms with E-state index in [1.807, 2.05) is 48.5 Å². The van der Waals surface area contributed by atoms with Crippen molar-refractivity contribution in [3.05, 3.63) is 64.5 Å². The standard InChI is InChI=1S/C19H19N3O2S/c1-3-12-7-9-13(10-8-12)16(23)17-18(20)22-19(25-17)21-14-5-4-6-15(11-14)24-2/h4-11H,3,20H2,1-2H3,(H,21,22). The first-order valence-electron chi connectivity index (χ1n) is 7.91. The van der Waals surface area contributed by atoms with Gasteiger partial charge in [0.15, 0.2) is 5.13 Å².